The maximum absolute atomic E-state index is 5.79. The topological polar surface area (TPSA) is 25.2 Å². The van der Waals surface area contributed by atoms with Crippen LogP contribution in [-0.2, 0) is 6.54 Å². The number of para-hydroxylation sites is 1. The number of halogens is 1. The van der Waals surface area contributed by atoms with Gasteiger partial charge in [0.05, 0.1) is 0 Å². The van der Waals surface area contributed by atoms with Crippen molar-refractivity contribution in [1.82, 2.24) is 0 Å². The summed E-state index contributed by atoms with van der Waals surface area (Å²) in [6.45, 7) is 4.89. The fourth-order valence-corrected chi connectivity index (χ4v) is 2.77. The molecule has 0 spiro atoms. The lowest BCUT2D eigenvalue weighted by Gasteiger charge is -2.10. The summed E-state index contributed by atoms with van der Waals surface area (Å²) in [6, 6.07) is 14.4. The summed E-state index contributed by atoms with van der Waals surface area (Å²) < 4.78 is 6.87. The highest BCUT2D eigenvalue weighted by atomic mass is 79.9. The van der Waals surface area contributed by atoms with Crippen molar-refractivity contribution in [2.75, 3.05) is 5.32 Å². The third-order valence-corrected chi connectivity index (χ3v) is 4.05. The van der Waals surface area contributed by atoms with E-state index in [9.17, 15) is 0 Å². The fourth-order valence-electron chi connectivity index (χ4n) is 2.41. The number of hydrogen-bond acceptors (Lipinski definition) is 2. The Morgan fingerprint density at radius 3 is 2.75 bits per heavy atom. The highest BCUT2D eigenvalue weighted by Gasteiger charge is 2.10. The molecule has 0 aliphatic heterocycles. The third-order valence-electron chi connectivity index (χ3n) is 3.56. The van der Waals surface area contributed by atoms with Crippen LogP contribution in [0.1, 0.15) is 16.9 Å². The van der Waals surface area contributed by atoms with Crippen LogP contribution in [-0.4, -0.2) is 0 Å². The van der Waals surface area contributed by atoms with Crippen LogP contribution >= 0.6 is 15.9 Å². The van der Waals surface area contributed by atoms with Gasteiger partial charge in [-0.05, 0) is 37.6 Å². The largest absolute Gasteiger partial charge is 0.461 e. The van der Waals surface area contributed by atoms with E-state index in [0.29, 0.717) is 0 Å². The van der Waals surface area contributed by atoms with Gasteiger partial charge in [0.1, 0.15) is 11.3 Å². The summed E-state index contributed by atoms with van der Waals surface area (Å²) in [7, 11) is 0. The first-order valence-corrected chi connectivity index (χ1v) is 7.41. The maximum atomic E-state index is 5.79. The van der Waals surface area contributed by atoms with Gasteiger partial charge in [0, 0.05) is 27.7 Å². The van der Waals surface area contributed by atoms with Crippen molar-refractivity contribution < 1.29 is 4.42 Å². The van der Waals surface area contributed by atoms with E-state index in [1.54, 1.807) is 0 Å². The van der Waals surface area contributed by atoms with E-state index in [2.05, 4.69) is 52.4 Å². The van der Waals surface area contributed by atoms with E-state index in [1.807, 2.05) is 25.1 Å². The Bertz CT molecular complexity index is 761. The molecule has 0 amide bonds. The van der Waals surface area contributed by atoms with Crippen LogP contribution in [0.4, 0.5) is 5.69 Å². The zero-order valence-corrected chi connectivity index (χ0v) is 13.1. The van der Waals surface area contributed by atoms with Gasteiger partial charge < -0.3 is 9.73 Å². The fraction of sp³-hybridized carbons (Fsp3) is 0.176. The minimum atomic E-state index is 0.764. The second-order valence-corrected chi connectivity index (χ2v) is 5.86. The van der Waals surface area contributed by atoms with Gasteiger partial charge in [-0.3, -0.25) is 0 Å². The Balaban J connectivity index is 1.90. The molecule has 3 aromatic rings. The lowest BCUT2D eigenvalue weighted by molar-refractivity contribution is 0.573. The van der Waals surface area contributed by atoms with Crippen molar-refractivity contribution in [3.05, 3.63) is 63.8 Å². The minimum Gasteiger partial charge on any atom is -0.461 e. The third kappa shape index (κ3) is 2.46. The number of benzene rings is 2. The number of aryl methyl sites for hydroxylation is 2. The van der Waals surface area contributed by atoms with Crippen molar-refractivity contribution in [3.8, 4) is 0 Å². The van der Waals surface area contributed by atoms with Gasteiger partial charge in [0.25, 0.3) is 0 Å². The monoisotopic (exact) mass is 329 g/mol. The molecule has 0 unspecified atom stereocenters. The molecule has 2 aromatic carbocycles. The molecule has 2 nitrogen and oxygen atoms in total. The lowest BCUT2D eigenvalue weighted by atomic mass is 10.1. The first-order chi connectivity index (χ1) is 9.65. The van der Waals surface area contributed by atoms with Crippen LogP contribution in [0.2, 0.25) is 0 Å². The highest BCUT2D eigenvalue weighted by molar-refractivity contribution is 9.10. The average Bonchev–Trinajstić information content (AvgIpc) is 2.75. The van der Waals surface area contributed by atoms with Gasteiger partial charge in [-0.25, -0.2) is 0 Å². The molecule has 20 heavy (non-hydrogen) atoms. The number of nitrogens with one attached hydrogen (secondary N) is 1. The van der Waals surface area contributed by atoms with E-state index < -0.39 is 0 Å². The van der Waals surface area contributed by atoms with E-state index >= 15 is 0 Å². The predicted molar refractivity (Wildman–Crippen MR) is 87.2 cm³/mol. The molecule has 0 saturated carbocycles. The molecule has 0 saturated heterocycles. The second kappa shape index (κ2) is 5.33. The summed E-state index contributed by atoms with van der Waals surface area (Å²) in [5.74, 6) is 0.978. The number of hydrogen-bond donors (Lipinski definition) is 1. The van der Waals surface area contributed by atoms with Crippen LogP contribution < -0.4 is 5.32 Å². The van der Waals surface area contributed by atoms with Crippen molar-refractivity contribution in [1.29, 1.82) is 0 Å². The summed E-state index contributed by atoms with van der Waals surface area (Å²) in [5, 5.41) is 4.68. The molecule has 0 fully saturated rings. The van der Waals surface area contributed by atoms with Crippen molar-refractivity contribution >= 4 is 32.6 Å². The average molecular weight is 330 g/mol. The Morgan fingerprint density at radius 2 is 1.90 bits per heavy atom. The number of furan rings is 1. The summed E-state index contributed by atoms with van der Waals surface area (Å²) >= 11 is 3.51. The van der Waals surface area contributed by atoms with Crippen molar-refractivity contribution in [2.24, 2.45) is 0 Å². The molecule has 0 aliphatic carbocycles. The smallest absolute Gasteiger partial charge is 0.134 e. The van der Waals surface area contributed by atoms with Gasteiger partial charge in [0.15, 0.2) is 0 Å². The number of fused-ring (bicyclic) bond motifs is 1. The minimum absolute atomic E-state index is 0.764. The normalized spacial score (nSPS) is 10.9. The zero-order valence-electron chi connectivity index (χ0n) is 11.5. The molecule has 102 valence electrons. The van der Waals surface area contributed by atoms with E-state index in [-0.39, 0.29) is 0 Å². The second-order valence-electron chi connectivity index (χ2n) is 4.95. The van der Waals surface area contributed by atoms with Crippen LogP contribution in [0.15, 0.2) is 51.4 Å². The predicted octanol–water partition coefficient (Wildman–Crippen LogP) is 5.42. The molecule has 1 N–H and O–H groups in total. The lowest BCUT2D eigenvalue weighted by Crippen LogP contribution is -2.01. The summed E-state index contributed by atoms with van der Waals surface area (Å²) in [6.07, 6.45) is 0. The Kier molecular flexibility index (Phi) is 3.53. The molecule has 3 heteroatoms. The highest BCUT2D eigenvalue weighted by Crippen LogP contribution is 2.27. The number of rotatable bonds is 3. The molecule has 1 aromatic heterocycles. The van der Waals surface area contributed by atoms with Gasteiger partial charge in [-0.15, -0.1) is 0 Å². The number of anilines is 1. The Labute approximate surface area is 126 Å². The maximum Gasteiger partial charge on any atom is 0.134 e. The van der Waals surface area contributed by atoms with Crippen LogP contribution in [0.25, 0.3) is 11.0 Å². The van der Waals surface area contributed by atoms with Gasteiger partial charge >= 0.3 is 0 Å². The van der Waals surface area contributed by atoms with E-state index in [0.717, 1.165) is 28.0 Å². The zero-order chi connectivity index (χ0) is 14.1. The summed E-state index contributed by atoms with van der Waals surface area (Å²) in [4.78, 5) is 0. The molecular formula is C17H16BrNO. The molecule has 0 bridgehead atoms. The van der Waals surface area contributed by atoms with Gasteiger partial charge in [0.2, 0.25) is 0 Å². The SMILES string of the molecule is Cc1ccc(Br)cc1NCc1c(C)oc2ccccc12. The molecule has 0 radical (unpaired) electrons. The Hall–Kier alpha value is -1.74. The van der Waals surface area contributed by atoms with Gasteiger partial charge in [-0.2, -0.15) is 0 Å². The van der Waals surface area contributed by atoms with E-state index in [1.165, 1.54) is 16.5 Å². The molecular weight excluding hydrogens is 314 g/mol. The van der Waals surface area contributed by atoms with Crippen molar-refractivity contribution in [3.63, 3.8) is 0 Å². The Morgan fingerprint density at radius 1 is 1.10 bits per heavy atom. The molecule has 3 rings (SSSR count). The molecule has 1 heterocycles. The standard InChI is InChI=1S/C17H16BrNO/c1-11-7-8-13(18)9-16(11)19-10-15-12(2)20-17-6-4-3-5-14(15)17/h3-9,19H,10H2,1-2H3. The van der Waals surface area contributed by atoms with Crippen LogP contribution in [0.5, 0.6) is 0 Å². The quantitative estimate of drug-likeness (QED) is 0.693. The summed E-state index contributed by atoms with van der Waals surface area (Å²) in [5.41, 5.74) is 4.55. The van der Waals surface area contributed by atoms with Crippen LogP contribution in [0, 0.1) is 13.8 Å². The molecule has 0 aliphatic rings. The first kappa shape index (κ1) is 13.3. The first-order valence-electron chi connectivity index (χ1n) is 6.62. The van der Waals surface area contributed by atoms with E-state index in [4.69, 9.17) is 4.42 Å². The molecule has 0 atom stereocenters. The van der Waals surface area contributed by atoms with Crippen molar-refractivity contribution in [2.45, 2.75) is 20.4 Å². The van der Waals surface area contributed by atoms with Gasteiger partial charge in [-0.1, -0.05) is 40.2 Å². The van der Waals surface area contributed by atoms with Crippen LogP contribution in [0.3, 0.4) is 0 Å².